The molecule has 23 heavy (non-hydrogen) atoms. The zero-order valence-corrected chi connectivity index (χ0v) is 17.1. The van der Waals surface area contributed by atoms with Gasteiger partial charge in [0.25, 0.3) is 0 Å². The first-order chi connectivity index (χ1) is 10.9. The van der Waals surface area contributed by atoms with E-state index in [-0.39, 0.29) is 24.0 Å². The Hall–Kier alpha value is -0.510. The normalized spacial score (nSPS) is 11.0. The largest absolute Gasteiger partial charge is 0.382 e. The van der Waals surface area contributed by atoms with E-state index in [0.717, 1.165) is 24.8 Å². The van der Waals surface area contributed by atoms with Gasteiger partial charge in [-0.25, -0.2) is 0 Å². The number of methoxy groups -OCH3 is 1. The number of benzene rings is 1. The van der Waals surface area contributed by atoms with E-state index >= 15 is 0 Å². The molecular weight excluding hydrogens is 425 g/mol. The SMILES string of the molecule is CCNC(=NCCOCCOC)NCCSc1ccccc1.I. The Balaban J connectivity index is 0.00000484. The Morgan fingerprint density at radius 3 is 2.61 bits per heavy atom. The molecule has 0 bridgehead atoms. The van der Waals surface area contributed by atoms with Crippen LogP contribution in [0, 0.1) is 0 Å². The fraction of sp³-hybridized carbons (Fsp3) is 0.562. The predicted octanol–water partition coefficient (Wildman–Crippen LogP) is 2.61. The summed E-state index contributed by atoms with van der Waals surface area (Å²) >= 11 is 1.83. The lowest BCUT2D eigenvalue weighted by Gasteiger charge is -2.11. The van der Waals surface area contributed by atoms with Crippen molar-refractivity contribution in [3.8, 4) is 0 Å². The molecule has 0 amide bonds. The number of rotatable bonds is 11. The lowest BCUT2D eigenvalue weighted by atomic mass is 10.4. The topological polar surface area (TPSA) is 54.9 Å². The zero-order chi connectivity index (χ0) is 15.9. The predicted molar refractivity (Wildman–Crippen MR) is 109 cm³/mol. The molecule has 0 fully saturated rings. The number of guanidine groups is 1. The molecular formula is C16H28IN3O2S. The van der Waals surface area contributed by atoms with E-state index in [1.807, 2.05) is 17.8 Å². The van der Waals surface area contributed by atoms with Crippen molar-refractivity contribution >= 4 is 41.7 Å². The molecule has 0 atom stereocenters. The van der Waals surface area contributed by atoms with Crippen molar-refractivity contribution in [3.63, 3.8) is 0 Å². The minimum Gasteiger partial charge on any atom is -0.382 e. The lowest BCUT2D eigenvalue weighted by Crippen LogP contribution is -2.38. The first kappa shape index (κ1) is 22.5. The fourth-order valence-corrected chi connectivity index (χ4v) is 2.45. The van der Waals surface area contributed by atoms with Crippen LogP contribution in [-0.2, 0) is 9.47 Å². The molecule has 0 aliphatic heterocycles. The second-order valence-electron chi connectivity index (χ2n) is 4.45. The maximum atomic E-state index is 5.39. The van der Waals surface area contributed by atoms with Crippen molar-refractivity contribution in [1.29, 1.82) is 0 Å². The highest BCUT2D eigenvalue weighted by Crippen LogP contribution is 2.15. The van der Waals surface area contributed by atoms with Gasteiger partial charge in [-0.1, -0.05) is 18.2 Å². The molecule has 0 aliphatic rings. The number of thioether (sulfide) groups is 1. The summed E-state index contributed by atoms with van der Waals surface area (Å²) in [4.78, 5) is 5.76. The zero-order valence-electron chi connectivity index (χ0n) is 13.9. The third kappa shape index (κ3) is 12.6. The van der Waals surface area contributed by atoms with E-state index in [2.05, 4.69) is 46.8 Å². The van der Waals surface area contributed by atoms with Gasteiger partial charge in [0.1, 0.15) is 0 Å². The smallest absolute Gasteiger partial charge is 0.191 e. The molecule has 0 radical (unpaired) electrons. The van der Waals surface area contributed by atoms with Gasteiger partial charge in [0.05, 0.1) is 26.4 Å². The Labute approximate surface area is 161 Å². The summed E-state index contributed by atoms with van der Waals surface area (Å²) < 4.78 is 10.3. The number of nitrogens with zero attached hydrogens (tertiary/aromatic N) is 1. The van der Waals surface area contributed by atoms with Crippen molar-refractivity contribution in [2.24, 2.45) is 4.99 Å². The van der Waals surface area contributed by atoms with Gasteiger partial charge in [-0.2, -0.15) is 0 Å². The molecule has 1 rings (SSSR count). The molecule has 0 spiro atoms. The summed E-state index contributed by atoms with van der Waals surface area (Å²) in [6.45, 7) is 6.27. The van der Waals surface area contributed by atoms with Crippen molar-refractivity contribution in [1.82, 2.24) is 10.6 Å². The number of hydrogen-bond donors (Lipinski definition) is 2. The van der Waals surface area contributed by atoms with E-state index in [1.165, 1.54) is 4.90 Å². The van der Waals surface area contributed by atoms with Crippen LogP contribution in [0.1, 0.15) is 6.92 Å². The van der Waals surface area contributed by atoms with Gasteiger partial charge < -0.3 is 20.1 Å². The summed E-state index contributed by atoms with van der Waals surface area (Å²) in [6, 6.07) is 10.4. The summed E-state index contributed by atoms with van der Waals surface area (Å²) in [7, 11) is 1.67. The molecule has 0 unspecified atom stereocenters. The number of aliphatic imine (C=N–C) groups is 1. The fourth-order valence-electron chi connectivity index (χ4n) is 1.66. The van der Waals surface area contributed by atoms with Crippen LogP contribution in [0.25, 0.3) is 0 Å². The van der Waals surface area contributed by atoms with Gasteiger partial charge in [-0.15, -0.1) is 35.7 Å². The molecule has 7 heteroatoms. The van der Waals surface area contributed by atoms with E-state index in [4.69, 9.17) is 9.47 Å². The Morgan fingerprint density at radius 1 is 1.13 bits per heavy atom. The van der Waals surface area contributed by atoms with Crippen LogP contribution < -0.4 is 10.6 Å². The number of halogens is 1. The first-order valence-electron chi connectivity index (χ1n) is 7.63. The van der Waals surface area contributed by atoms with Gasteiger partial charge in [0.15, 0.2) is 5.96 Å². The maximum absolute atomic E-state index is 5.39. The number of ether oxygens (including phenoxy) is 2. The number of hydrogen-bond acceptors (Lipinski definition) is 4. The monoisotopic (exact) mass is 453 g/mol. The van der Waals surface area contributed by atoms with Gasteiger partial charge in [-0.05, 0) is 19.1 Å². The first-order valence-corrected chi connectivity index (χ1v) is 8.62. The third-order valence-electron chi connectivity index (χ3n) is 2.69. The van der Waals surface area contributed by atoms with E-state index < -0.39 is 0 Å². The average molecular weight is 453 g/mol. The molecule has 2 N–H and O–H groups in total. The van der Waals surface area contributed by atoms with Crippen LogP contribution in [0.2, 0.25) is 0 Å². The summed E-state index contributed by atoms with van der Waals surface area (Å²) in [5.41, 5.74) is 0. The third-order valence-corrected chi connectivity index (χ3v) is 3.70. The maximum Gasteiger partial charge on any atom is 0.191 e. The second kappa shape index (κ2) is 16.4. The highest BCUT2D eigenvalue weighted by molar-refractivity contribution is 14.0. The Bertz CT molecular complexity index is 408. The molecule has 0 saturated carbocycles. The minimum atomic E-state index is 0. The molecule has 1 aromatic rings. The van der Waals surface area contributed by atoms with Crippen molar-refractivity contribution < 1.29 is 9.47 Å². The van der Waals surface area contributed by atoms with Gasteiger partial charge >= 0.3 is 0 Å². The van der Waals surface area contributed by atoms with Gasteiger partial charge in [0, 0.05) is 30.8 Å². The van der Waals surface area contributed by atoms with Crippen LogP contribution in [0.4, 0.5) is 0 Å². The summed E-state index contributed by atoms with van der Waals surface area (Å²) in [5.74, 6) is 1.84. The van der Waals surface area contributed by atoms with Crippen LogP contribution in [0.3, 0.4) is 0 Å². The minimum absolute atomic E-state index is 0. The summed E-state index contributed by atoms with van der Waals surface area (Å²) in [6.07, 6.45) is 0. The molecule has 5 nitrogen and oxygen atoms in total. The van der Waals surface area contributed by atoms with Crippen LogP contribution in [-0.4, -0.2) is 58.3 Å². The molecule has 0 saturated heterocycles. The van der Waals surface area contributed by atoms with E-state index in [0.29, 0.717) is 26.4 Å². The highest BCUT2D eigenvalue weighted by Gasteiger charge is 1.97. The van der Waals surface area contributed by atoms with Crippen LogP contribution in [0.5, 0.6) is 0 Å². The van der Waals surface area contributed by atoms with Crippen molar-refractivity contribution in [2.45, 2.75) is 11.8 Å². The molecule has 1 aromatic carbocycles. The van der Waals surface area contributed by atoms with Crippen LogP contribution >= 0.6 is 35.7 Å². The van der Waals surface area contributed by atoms with E-state index in [1.54, 1.807) is 7.11 Å². The molecule has 0 aliphatic carbocycles. The number of nitrogens with one attached hydrogen (secondary N) is 2. The lowest BCUT2D eigenvalue weighted by molar-refractivity contribution is 0.0748. The Morgan fingerprint density at radius 2 is 1.91 bits per heavy atom. The van der Waals surface area contributed by atoms with Gasteiger partial charge in [-0.3, -0.25) is 4.99 Å². The highest BCUT2D eigenvalue weighted by atomic mass is 127. The van der Waals surface area contributed by atoms with E-state index in [9.17, 15) is 0 Å². The second-order valence-corrected chi connectivity index (χ2v) is 5.62. The van der Waals surface area contributed by atoms with Crippen molar-refractivity contribution in [3.05, 3.63) is 30.3 Å². The van der Waals surface area contributed by atoms with Crippen molar-refractivity contribution in [2.75, 3.05) is 52.3 Å². The molecule has 132 valence electrons. The Kier molecular flexibility index (Phi) is 16.0. The molecule has 0 aromatic heterocycles. The quantitative estimate of drug-likeness (QED) is 0.177. The molecule has 0 heterocycles. The van der Waals surface area contributed by atoms with Gasteiger partial charge in [0.2, 0.25) is 0 Å². The average Bonchev–Trinajstić information content (AvgIpc) is 2.55. The summed E-state index contributed by atoms with van der Waals surface area (Å²) in [5, 5.41) is 6.56. The van der Waals surface area contributed by atoms with Crippen LogP contribution in [0.15, 0.2) is 40.2 Å². The standard InChI is InChI=1S/C16H27N3O2S.HI/c1-3-17-16(18-9-11-21-13-12-20-2)19-10-14-22-15-7-5-4-6-8-15;/h4-8H,3,9-14H2,1-2H3,(H2,17,18,19);1H.